The lowest BCUT2D eigenvalue weighted by molar-refractivity contribution is -0.132. The smallest absolute Gasteiger partial charge is 0.250 e. The fourth-order valence-corrected chi connectivity index (χ4v) is 3.51. The summed E-state index contributed by atoms with van der Waals surface area (Å²) < 4.78 is 1.53. The van der Waals surface area contributed by atoms with Gasteiger partial charge in [0.05, 0.1) is 0 Å². The van der Waals surface area contributed by atoms with Crippen molar-refractivity contribution in [1.82, 2.24) is 24.2 Å². The van der Waals surface area contributed by atoms with Gasteiger partial charge >= 0.3 is 0 Å². The van der Waals surface area contributed by atoms with Gasteiger partial charge in [0.1, 0.15) is 0 Å². The highest BCUT2D eigenvalue weighted by atomic mass is 16.2. The van der Waals surface area contributed by atoms with Crippen LogP contribution in [0, 0.1) is 0 Å². The Morgan fingerprint density at radius 3 is 1.77 bits per heavy atom. The van der Waals surface area contributed by atoms with Crippen LogP contribution in [0.1, 0.15) is 44.9 Å². The number of likely N-dealkylation sites (N-methyl/N-ethyl adjacent to an activating group) is 2. The van der Waals surface area contributed by atoms with E-state index in [9.17, 15) is 24.0 Å². The maximum Gasteiger partial charge on any atom is 0.250 e. The van der Waals surface area contributed by atoms with Gasteiger partial charge in [-0.05, 0) is 37.8 Å². The van der Waals surface area contributed by atoms with Crippen LogP contribution in [0.2, 0.25) is 0 Å². The molecule has 0 unspecified atom stereocenters. The Morgan fingerprint density at radius 1 is 0.650 bits per heavy atom. The topological polar surface area (TPSA) is 103 Å². The quantitative estimate of drug-likeness (QED) is 0.458. The predicted octanol–water partition coefficient (Wildman–Crippen LogP) is 2.58. The van der Waals surface area contributed by atoms with E-state index in [1.54, 1.807) is 52.0 Å². The van der Waals surface area contributed by atoms with Gasteiger partial charge in [0, 0.05) is 92.6 Å². The molecule has 5 rings (SSSR count). The van der Waals surface area contributed by atoms with Crippen molar-refractivity contribution in [2.75, 3.05) is 47.8 Å². The Hall–Kier alpha value is -3.95. The summed E-state index contributed by atoms with van der Waals surface area (Å²) in [5.41, 5.74) is 0.0347. The molecule has 0 atom stereocenters. The number of hydrogen-bond donors (Lipinski definition) is 0. The molecular weight excluding hydrogens is 510 g/mol. The van der Waals surface area contributed by atoms with Crippen molar-refractivity contribution in [3.05, 3.63) is 71.3 Å². The van der Waals surface area contributed by atoms with Crippen molar-refractivity contribution in [3.63, 3.8) is 0 Å². The number of hydrogen-bond acceptors (Lipinski definition) is 5. The maximum atomic E-state index is 10.7. The first-order valence-electron chi connectivity index (χ1n) is 13.6. The molecule has 1 aromatic rings. The highest BCUT2D eigenvalue weighted by Gasteiger charge is 2.12. The summed E-state index contributed by atoms with van der Waals surface area (Å²) in [5.74, 6) is 0.854. The summed E-state index contributed by atoms with van der Waals surface area (Å²) >= 11 is 0. The Bertz CT molecular complexity index is 1110. The highest BCUT2D eigenvalue weighted by Crippen LogP contribution is 2.07. The number of allylic oxidation sites excluding steroid dienone is 1. The van der Waals surface area contributed by atoms with Crippen LogP contribution in [0.25, 0.3) is 0 Å². The second-order valence-electron chi connectivity index (χ2n) is 9.75. The Kier molecular flexibility index (Phi) is 16.3. The number of piperidine rings is 1. The number of nitrogens with zero attached hydrogens (tertiary/aromatic N) is 5. The molecule has 1 aromatic heterocycles. The molecule has 5 heterocycles. The van der Waals surface area contributed by atoms with Crippen molar-refractivity contribution in [2.24, 2.45) is 7.05 Å². The van der Waals surface area contributed by atoms with Crippen LogP contribution in [-0.4, -0.2) is 95.6 Å². The van der Waals surface area contributed by atoms with E-state index in [0.717, 1.165) is 45.3 Å². The van der Waals surface area contributed by atoms with E-state index in [2.05, 4.69) is 0 Å². The number of carbonyl (C=O) groups is 4. The molecule has 1 fully saturated rings. The van der Waals surface area contributed by atoms with Gasteiger partial charge in [0.25, 0.3) is 0 Å². The van der Waals surface area contributed by atoms with Gasteiger partial charge in [0.15, 0.2) is 0 Å². The maximum absolute atomic E-state index is 10.7. The third kappa shape index (κ3) is 14.3. The van der Waals surface area contributed by atoms with Gasteiger partial charge in [0.2, 0.25) is 29.2 Å². The molecule has 0 aliphatic carbocycles. The minimum atomic E-state index is 0.0347. The molecule has 4 aliphatic heterocycles. The molecule has 10 nitrogen and oxygen atoms in total. The normalized spacial score (nSPS) is 17.9. The summed E-state index contributed by atoms with van der Waals surface area (Å²) in [7, 11) is 8.99. The van der Waals surface area contributed by atoms with Crippen molar-refractivity contribution >= 4 is 23.6 Å². The molecule has 0 N–H and O–H groups in total. The van der Waals surface area contributed by atoms with Gasteiger partial charge < -0.3 is 24.2 Å². The average molecular weight is 556 g/mol. The van der Waals surface area contributed by atoms with Crippen molar-refractivity contribution < 1.29 is 19.2 Å². The number of aromatic nitrogens is 1. The van der Waals surface area contributed by atoms with E-state index in [0.29, 0.717) is 18.7 Å². The molecule has 0 radical (unpaired) electrons. The molecular formula is C30H45N5O5. The minimum Gasteiger partial charge on any atom is -0.346 e. The van der Waals surface area contributed by atoms with Crippen LogP contribution in [0.3, 0.4) is 0 Å². The molecule has 4 amide bonds. The highest BCUT2D eigenvalue weighted by molar-refractivity contribution is 5.88. The van der Waals surface area contributed by atoms with E-state index in [1.165, 1.54) is 17.1 Å². The third-order valence-electron chi connectivity index (χ3n) is 6.35. The second kappa shape index (κ2) is 19.2. The number of amides is 4. The number of rotatable bonds is 0. The van der Waals surface area contributed by atoms with E-state index in [-0.39, 0.29) is 23.3 Å². The fourth-order valence-electron chi connectivity index (χ4n) is 3.51. The fraction of sp³-hybridized carbons (Fsp3) is 0.500. The van der Waals surface area contributed by atoms with E-state index in [4.69, 9.17) is 0 Å². The first-order valence-corrected chi connectivity index (χ1v) is 13.6. The lowest BCUT2D eigenvalue weighted by Crippen LogP contribution is -2.31. The monoisotopic (exact) mass is 555 g/mol. The zero-order chi connectivity index (χ0) is 29.9. The molecule has 40 heavy (non-hydrogen) atoms. The van der Waals surface area contributed by atoms with Crippen LogP contribution in [0.4, 0.5) is 0 Å². The predicted molar refractivity (Wildman–Crippen MR) is 157 cm³/mol. The molecule has 0 saturated carbocycles. The van der Waals surface area contributed by atoms with Gasteiger partial charge in [-0.2, -0.15) is 0 Å². The zero-order valence-corrected chi connectivity index (χ0v) is 24.6. The van der Waals surface area contributed by atoms with E-state index >= 15 is 0 Å². The number of pyridine rings is 1. The largest absolute Gasteiger partial charge is 0.346 e. The number of carbonyl (C=O) groups excluding carboxylic acids is 4. The molecule has 10 heteroatoms. The summed E-state index contributed by atoms with van der Waals surface area (Å²) in [6.45, 7) is 2.60. The van der Waals surface area contributed by atoms with Crippen LogP contribution < -0.4 is 5.56 Å². The van der Waals surface area contributed by atoms with Crippen LogP contribution >= 0.6 is 0 Å². The molecule has 220 valence electrons. The molecule has 4 aliphatic rings. The van der Waals surface area contributed by atoms with Gasteiger partial charge in [-0.1, -0.05) is 30.4 Å². The molecule has 1 saturated heterocycles. The SMILES string of the molecule is CN1C=CCCC1=O.CN1CC=CCC1=O.CN1CCC=CC1=O.CN1CCCCC1=O.Cn1ccccc1=O. The number of aryl methyl sites for hydroxylation is 1. The van der Waals surface area contributed by atoms with Crippen LogP contribution in [0.5, 0.6) is 0 Å². The third-order valence-corrected chi connectivity index (χ3v) is 6.35. The van der Waals surface area contributed by atoms with Crippen molar-refractivity contribution in [3.8, 4) is 0 Å². The molecule has 0 spiro atoms. The van der Waals surface area contributed by atoms with Crippen molar-refractivity contribution in [1.29, 1.82) is 0 Å². The minimum absolute atomic E-state index is 0.0347. The van der Waals surface area contributed by atoms with E-state index in [1.807, 2.05) is 57.7 Å². The first-order chi connectivity index (χ1) is 19.0. The lowest BCUT2D eigenvalue weighted by atomic mass is 10.1. The standard InChI is InChI=1S/C6H11NO.3C6H9NO.C6H7NO/c5*1-7-5-3-2-4-6(7)8/h2-5H2,1H3;3,5H,2,4H2,1H3;2,4H,3,5H2,1H3;2-3H,4-5H2,1H3;2-5H,1H3. The Labute approximate surface area is 238 Å². The molecule has 0 bridgehead atoms. The Morgan fingerprint density at radius 2 is 1.40 bits per heavy atom. The lowest BCUT2D eigenvalue weighted by Gasteiger charge is -2.21. The first kappa shape index (κ1) is 34.1. The molecule has 0 aromatic carbocycles. The second-order valence-corrected chi connectivity index (χ2v) is 9.75. The van der Waals surface area contributed by atoms with Crippen LogP contribution in [0.15, 0.2) is 65.8 Å². The summed E-state index contributed by atoms with van der Waals surface area (Å²) in [5, 5.41) is 0. The Balaban J connectivity index is 0.000000250. The average Bonchev–Trinajstić information content (AvgIpc) is 2.94. The zero-order valence-electron chi connectivity index (χ0n) is 24.6. The summed E-state index contributed by atoms with van der Waals surface area (Å²) in [6, 6.07) is 5.07. The van der Waals surface area contributed by atoms with Gasteiger partial charge in [-0.25, -0.2) is 0 Å². The van der Waals surface area contributed by atoms with Crippen LogP contribution in [-0.2, 0) is 26.2 Å². The summed E-state index contributed by atoms with van der Waals surface area (Å²) in [4.78, 5) is 60.1. The van der Waals surface area contributed by atoms with E-state index < -0.39 is 0 Å². The van der Waals surface area contributed by atoms with Gasteiger partial charge in [-0.3, -0.25) is 24.0 Å². The van der Waals surface area contributed by atoms with Crippen molar-refractivity contribution in [2.45, 2.75) is 44.9 Å². The van der Waals surface area contributed by atoms with Gasteiger partial charge in [-0.15, -0.1) is 0 Å². The number of likely N-dealkylation sites (tertiary alicyclic amines) is 1. The summed E-state index contributed by atoms with van der Waals surface area (Å²) in [6.07, 6.45) is 19.2.